The van der Waals surface area contributed by atoms with Crippen LogP contribution in [-0.4, -0.2) is 24.4 Å². The van der Waals surface area contributed by atoms with E-state index < -0.39 is 4.92 Å². The maximum Gasteiger partial charge on any atom is 0.315 e. The van der Waals surface area contributed by atoms with Gasteiger partial charge in [0.15, 0.2) is 5.75 Å². The van der Waals surface area contributed by atoms with E-state index >= 15 is 0 Å². The van der Waals surface area contributed by atoms with Crippen molar-refractivity contribution in [2.24, 2.45) is 5.10 Å². The van der Waals surface area contributed by atoms with Gasteiger partial charge < -0.3 is 9.47 Å². The molecule has 7 nitrogen and oxygen atoms in total. The SMILES string of the molecule is CCCOc1c(OCC)cc(/C=N/Nc2ccc(C)c(Cl)c2)cc1[N+](=O)[O-]. The number of halogens is 1. The predicted octanol–water partition coefficient (Wildman–Crippen LogP) is 5.19. The van der Waals surface area contributed by atoms with Gasteiger partial charge in [0.25, 0.3) is 0 Å². The lowest BCUT2D eigenvalue weighted by Crippen LogP contribution is -2.04. The van der Waals surface area contributed by atoms with Gasteiger partial charge in [0.05, 0.1) is 30.0 Å². The molecule has 0 unspecified atom stereocenters. The zero-order chi connectivity index (χ0) is 19.8. The summed E-state index contributed by atoms with van der Waals surface area (Å²) in [7, 11) is 0. The second kappa shape index (κ2) is 9.78. The summed E-state index contributed by atoms with van der Waals surface area (Å²) in [5.74, 6) is 0.458. The van der Waals surface area contributed by atoms with E-state index in [1.807, 2.05) is 26.0 Å². The van der Waals surface area contributed by atoms with Gasteiger partial charge in [0, 0.05) is 16.7 Å². The van der Waals surface area contributed by atoms with Crippen LogP contribution in [0.15, 0.2) is 35.4 Å². The van der Waals surface area contributed by atoms with Gasteiger partial charge in [-0.2, -0.15) is 5.10 Å². The lowest BCUT2D eigenvalue weighted by atomic mass is 10.2. The molecule has 8 heteroatoms. The Balaban J connectivity index is 2.29. The molecule has 0 heterocycles. The zero-order valence-corrected chi connectivity index (χ0v) is 16.2. The van der Waals surface area contributed by atoms with Gasteiger partial charge >= 0.3 is 5.69 Å². The molecule has 0 saturated carbocycles. The highest BCUT2D eigenvalue weighted by molar-refractivity contribution is 6.31. The Morgan fingerprint density at radius 3 is 2.67 bits per heavy atom. The number of hydrazone groups is 1. The molecule has 0 aromatic heterocycles. The number of ether oxygens (including phenoxy) is 2. The minimum atomic E-state index is -0.488. The molecule has 1 N–H and O–H groups in total. The Morgan fingerprint density at radius 2 is 2.04 bits per heavy atom. The van der Waals surface area contributed by atoms with Crippen molar-refractivity contribution in [2.45, 2.75) is 27.2 Å². The Kier molecular flexibility index (Phi) is 7.43. The van der Waals surface area contributed by atoms with Crippen LogP contribution in [0.4, 0.5) is 11.4 Å². The Labute approximate surface area is 163 Å². The van der Waals surface area contributed by atoms with Crippen molar-refractivity contribution < 1.29 is 14.4 Å². The number of nitrogens with one attached hydrogen (secondary N) is 1. The largest absolute Gasteiger partial charge is 0.490 e. The molecule has 0 fully saturated rings. The number of nitro groups is 1. The van der Waals surface area contributed by atoms with Crippen LogP contribution in [-0.2, 0) is 0 Å². The van der Waals surface area contributed by atoms with Crippen molar-refractivity contribution >= 4 is 29.2 Å². The molecule has 0 aliphatic rings. The van der Waals surface area contributed by atoms with Crippen molar-refractivity contribution in [1.82, 2.24) is 0 Å². The Bertz CT molecular complexity index is 840. The minimum Gasteiger partial charge on any atom is -0.490 e. The van der Waals surface area contributed by atoms with Crippen LogP contribution in [0.5, 0.6) is 11.5 Å². The van der Waals surface area contributed by atoms with Gasteiger partial charge in [-0.3, -0.25) is 15.5 Å². The van der Waals surface area contributed by atoms with Crippen LogP contribution < -0.4 is 14.9 Å². The number of rotatable bonds is 9. The maximum absolute atomic E-state index is 11.5. The normalized spacial score (nSPS) is 10.8. The molecule has 2 aromatic rings. The summed E-state index contributed by atoms with van der Waals surface area (Å²) in [6.45, 7) is 6.37. The topological polar surface area (TPSA) is 86.0 Å². The number of hydrogen-bond donors (Lipinski definition) is 1. The van der Waals surface area contributed by atoms with E-state index in [9.17, 15) is 10.1 Å². The van der Waals surface area contributed by atoms with Gasteiger partial charge in [-0.1, -0.05) is 24.6 Å². The third-order valence-corrected chi connectivity index (χ3v) is 3.99. The number of benzene rings is 2. The molecule has 27 heavy (non-hydrogen) atoms. The molecule has 0 atom stereocenters. The summed E-state index contributed by atoms with van der Waals surface area (Å²) >= 11 is 6.08. The molecule has 144 valence electrons. The minimum absolute atomic E-state index is 0.138. The second-order valence-corrected chi connectivity index (χ2v) is 6.15. The number of nitrogens with zero attached hydrogens (tertiary/aromatic N) is 2. The van der Waals surface area contributed by atoms with E-state index in [0.717, 1.165) is 12.0 Å². The molecular formula is C19H22ClN3O4. The molecule has 0 aliphatic carbocycles. The van der Waals surface area contributed by atoms with Gasteiger partial charge in [-0.15, -0.1) is 0 Å². The first-order chi connectivity index (χ1) is 13.0. The zero-order valence-electron chi connectivity index (χ0n) is 15.5. The second-order valence-electron chi connectivity index (χ2n) is 5.74. The highest BCUT2D eigenvalue weighted by Gasteiger charge is 2.22. The van der Waals surface area contributed by atoms with Crippen LogP contribution in [0.2, 0.25) is 5.02 Å². The standard InChI is InChI=1S/C19H22ClN3O4/c1-4-8-27-19-17(23(24)25)9-14(10-18(19)26-5-2)12-21-22-15-7-6-13(3)16(20)11-15/h6-7,9-12,22H,4-5,8H2,1-3H3/b21-12+. The average molecular weight is 392 g/mol. The first-order valence-electron chi connectivity index (χ1n) is 8.59. The average Bonchev–Trinajstić information content (AvgIpc) is 2.63. The summed E-state index contributed by atoms with van der Waals surface area (Å²) < 4.78 is 11.1. The fraction of sp³-hybridized carbons (Fsp3) is 0.316. The van der Waals surface area contributed by atoms with Crippen LogP contribution in [0.1, 0.15) is 31.4 Å². The number of aryl methyl sites for hydroxylation is 1. The van der Waals surface area contributed by atoms with Crippen molar-refractivity contribution in [3.63, 3.8) is 0 Å². The fourth-order valence-corrected chi connectivity index (χ4v) is 2.45. The summed E-state index contributed by atoms with van der Waals surface area (Å²) in [4.78, 5) is 11.0. The van der Waals surface area contributed by atoms with Gasteiger partial charge in [-0.25, -0.2) is 0 Å². The van der Waals surface area contributed by atoms with E-state index in [1.54, 1.807) is 19.1 Å². The van der Waals surface area contributed by atoms with Crippen LogP contribution >= 0.6 is 11.6 Å². The third-order valence-electron chi connectivity index (χ3n) is 3.58. The van der Waals surface area contributed by atoms with Gasteiger partial charge in [0.1, 0.15) is 0 Å². The van der Waals surface area contributed by atoms with E-state index in [1.165, 1.54) is 12.3 Å². The smallest absolute Gasteiger partial charge is 0.315 e. The van der Waals surface area contributed by atoms with Crippen molar-refractivity contribution in [1.29, 1.82) is 0 Å². The van der Waals surface area contributed by atoms with Crippen LogP contribution in [0, 0.1) is 17.0 Å². The maximum atomic E-state index is 11.5. The van der Waals surface area contributed by atoms with E-state index in [0.29, 0.717) is 35.2 Å². The molecule has 2 aromatic carbocycles. The molecule has 0 amide bonds. The third kappa shape index (κ3) is 5.59. The van der Waals surface area contributed by atoms with Crippen LogP contribution in [0.25, 0.3) is 0 Å². The lowest BCUT2D eigenvalue weighted by molar-refractivity contribution is -0.386. The molecule has 0 saturated heterocycles. The summed E-state index contributed by atoms with van der Waals surface area (Å²) in [6.07, 6.45) is 2.21. The molecule has 2 rings (SSSR count). The van der Waals surface area contributed by atoms with E-state index in [-0.39, 0.29) is 11.4 Å². The first kappa shape index (κ1) is 20.5. The molecule has 0 radical (unpaired) electrons. The Morgan fingerprint density at radius 1 is 1.26 bits per heavy atom. The lowest BCUT2D eigenvalue weighted by Gasteiger charge is -2.12. The molecule has 0 bridgehead atoms. The summed E-state index contributed by atoms with van der Waals surface area (Å²) in [5, 5.41) is 16.2. The molecule has 0 aliphatic heterocycles. The summed E-state index contributed by atoms with van der Waals surface area (Å²) in [5.41, 5.74) is 4.88. The number of hydrogen-bond acceptors (Lipinski definition) is 6. The van der Waals surface area contributed by atoms with Gasteiger partial charge in [-0.05, 0) is 44.0 Å². The molecule has 0 spiro atoms. The van der Waals surface area contributed by atoms with Crippen molar-refractivity contribution in [2.75, 3.05) is 18.6 Å². The van der Waals surface area contributed by atoms with Gasteiger partial charge in [0.2, 0.25) is 5.75 Å². The van der Waals surface area contributed by atoms with Crippen molar-refractivity contribution in [3.05, 3.63) is 56.6 Å². The summed E-state index contributed by atoms with van der Waals surface area (Å²) in [6, 6.07) is 8.53. The Hall–Kier alpha value is -2.80. The monoisotopic (exact) mass is 391 g/mol. The number of anilines is 1. The van der Waals surface area contributed by atoms with E-state index in [2.05, 4.69) is 10.5 Å². The predicted molar refractivity (Wildman–Crippen MR) is 107 cm³/mol. The highest BCUT2D eigenvalue weighted by Crippen LogP contribution is 2.38. The number of nitro benzene ring substituents is 1. The van der Waals surface area contributed by atoms with Crippen LogP contribution in [0.3, 0.4) is 0 Å². The fourth-order valence-electron chi connectivity index (χ4n) is 2.27. The quantitative estimate of drug-likeness (QED) is 0.361. The molecular weight excluding hydrogens is 370 g/mol. The highest BCUT2D eigenvalue weighted by atomic mass is 35.5. The first-order valence-corrected chi connectivity index (χ1v) is 8.97. The van der Waals surface area contributed by atoms with E-state index in [4.69, 9.17) is 21.1 Å². The van der Waals surface area contributed by atoms with Crippen molar-refractivity contribution in [3.8, 4) is 11.5 Å².